The van der Waals surface area contributed by atoms with Crippen LogP contribution in [0.4, 0.5) is 11.5 Å². The summed E-state index contributed by atoms with van der Waals surface area (Å²) in [5.41, 5.74) is 2.18. The number of pyridine rings is 1. The second kappa shape index (κ2) is 8.78. The van der Waals surface area contributed by atoms with Crippen LogP contribution in [-0.2, 0) is 30.4 Å². The predicted octanol–water partition coefficient (Wildman–Crippen LogP) is 2.26. The van der Waals surface area contributed by atoms with Gasteiger partial charge in [-0.15, -0.1) is 0 Å². The number of carbonyl (C=O) groups is 1. The zero-order chi connectivity index (χ0) is 28.5. The van der Waals surface area contributed by atoms with Crippen molar-refractivity contribution >= 4 is 80.1 Å². The molecule has 14 nitrogen and oxygen atoms in total. The van der Waals surface area contributed by atoms with Crippen molar-refractivity contribution in [2.45, 2.75) is 14.7 Å². The van der Waals surface area contributed by atoms with E-state index in [1.54, 1.807) is 0 Å². The Bertz CT molecular complexity index is 2110. The van der Waals surface area contributed by atoms with E-state index < -0.39 is 50.9 Å². The molecule has 0 bridgehead atoms. The number of nitrogens with zero attached hydrogens (tertiary/aromatic N) is 1. The van der Waals surface area contributed by atoms with Crippen molar-refractivity contribution in [3.63, 3.8) is 0 Å². The van der Waals surface area contributed by atoms with Crippen LogP contribution >= 0.6 is 0 Å². The van der Waals surface area contributed by atoms with Crippen molar-refractivity contribution in [3.8, 4) is 0 Å². The number of anilines is 2. The Morgan fingerprint density at radius 3 is 1.59 bits per heavy atom. The van der Waals surface area contributed by atoms with Crippen molar-refractivity contribution < 1.29 is 43.7 Å². The van der Waals surface area contributed by atoms with Gasteiger partial charge in [0.15, 0.2) is 0 Å². The Morgan fingerprint density at radius 1 is 0.692 bits per heavy atom. The Hall–Kier alpha value is -3.97. The van der Waals surface area contributed by atoms with E-state index in [0.717, 1.165) is 18.2 Å². The minimum absolute atomic E-state index is 0.0374. The molecular weight excluding hydrogens is 576 g/mol. The molecule has 0 saturated heterocycles. The maximum absolute atomic E-state index is 13.0. The number of hydrogen-bond acceptors (Lipinski definition) is 10. The number of rotatable bonds is 6. The molecule has 7 N–H and O–H groups in total. The number of hydrogen-bond donors (Lipinski definition) is 6. The van der Waals surface area contributed by atoms with E-state index in [1.807, 2.05) is 0 Å². The van der Waals surface area contributed by atoms with Gasteiger partial charge in [-0.25, -0.2) is 10.8 Å². The number of amides is 1. The Balaban J connectivity index is 1.92. The van der Waals surface area contributed by atoms with Crippen LogP contribution in [-0.4, -0.2) is 49.8 Å². The Kier molecular flexibility index (Phi) is 5.99. The zero-order valence-corrected chi connectivity index (χ0v) is 21.6. The summed E-state index contributed by atoms with van der Waals surface area (Å²) < 4.78 is 103. The normalized spacial score (nSPS) is 12.8. The summed E-state index contributed by atoms with van der Waals surface area (Å²) in [4.78, 5) is 14.4. The first-order valence-corrected chi connectivity index (χ1v) is 14.9. The van der Waals surface area contributed by atoms with Gasteiger partial charge in [0.1, 0.15) is 20.5 Å². The van der Waals surface area contributed by atoms with E-state index >= 15 is 0 Å². The fourth-order valence-electron chi connectivity index (χ4n) is 4.45. The lowest BCUT2D eigenvalue weighted by Crippen LogP contribution is -2.15. The standard InChI is InChI=1S/C22H16N4O10S3/c23-26-19-6-1-10(9-24-19)22(27)25-15-7-16(37(28,29)30)12-4-5-14-18(39(34,35)36)8-17(38(31,32)33)13-3-2-11(15)20(12)21(13)14/h1-9H,23H2,(H,24,26)(H,25,27)(H,28,29,30)(H,31,32,33)(H,34,35,36). The van der Waals surface area contributed by atoms with Gasteiger partial charge in [-0.1, -0.05) is 24.3 Å². The largest absolute Gasteiger partial charge is 0.321 e. The summed E-state index contributed by atoms with van der Waals surface area (Å²) in [5.74, 6) is 4.77. The number of carbonyl (C=O) groups excluding carboxylic acids is 1. The van der Waals surface area contributed by atoms with Crippen molar-refractivity contribution in [1.29, 1.82) is 0 Å². The molecule has 17 heteroatoms. The van der Waals surface area contributed by atoms with E-state index in [2.05, 4.69) is 15.7 Å². The molecule has 202 valence electrons. The van der Waals surface area contributed by atoms with Gasteiger partial charge in [-0.05, 0) is 24.3 Å². The molecule has 0 aliphatic heterocycles. The molecule has 5 rings (SSSR count). The monoisotopic (exact) mass is 592 g/mol. The fraction of sp³-hybridized carbons (Fsp3) is 0. The minimum atomic E-state index is -5.05. The SMILES string of the molecule is NNc1ccc(C(=O)Nc2cc(S(=O)(=O)O)c3ccc4c(S(=O)(=O)O)cc(S(=O)(=O)O)c5ccc2c3c54)cn1. The number of aromatic nitrogens is 1. The molecule has 0 spiro atoms. The molecule has 1 amide bonds. The second-order valence-electron chi connectivity index (χ2n) is 8.32. The van der Waals surface area contributed by atoms with Crippen LogP contribution in [0.3, 0.4) is 0 Å². The molecule has 0 fully saturated rings. The first-order valence-electron chi connectivity index (χ1n) is 10.6. The highest BCUT2D eigenvalue weighted by Crippen LogP contribution is 2.44. The summed E-state index contributed by atoms with van der Waals surface area (Å²) >= 11 is 0. The summed E-state index contributed by atoms with van der Waals surface area (Å²) in [6.07, 6.45) is 1.18. The first kappa shape index (κ1) is 26.6. The summed E-state index contributed by atoms with van der Waals surface area (Å²) in [7, 11) is -15.1. The predicted molar refractivity (Wildman–Crippen MR) is 140 cm³/mol. The van der Waals surface area contributed by atoms with Gasteiger partial charge >= 0.3 is 0 Å². The average Bonchev–Trinajstić information content (AvgIpc) is 2.85. The third-order valence-corrected chi connectivity index (χ3v) is 8.72. The quantitative estimate of drug-likeness (QED) is 0.0718. The van der Waals surface area contributed by atoms with E-state index in [-0.39, 0.29) is 49.4 Å². The van der Waals surface area contributed by atoms with Crippen molar-refractivity contribution in [2.24, 2.45) is 5.84 Å². The highest BCUT2D eigenvalue weighted by atomic mass is 32.2. The minimum Gasteiger partial charge on any atom is -0.321 e. The summed E-state index contributed by atoms with van der Waals surface area (Å²) in [6, 6.07) is 9.12. The summed E-state index contributed by atoms with van der Waals surface area (Å²) in [5, 5.41) is 1.80. The lowest BCUT2D eigenvalue weighted by molar-refractivity contribution is 0.102. The molecule has 0 aliphatic carbocycles. The van der Waals surface area contributed by atoms with Crippen LogP contribution in [0.15, 0.2) is 69.4 Å². The average molecular weight is 593 g/mol. The van der Waals surface area contributed by atoms with Crippen LogP contribution in [0.2, 0.25) is 0 Å². The highest BCUT2D eigenvalue weighted by molar-refractivity contribution is 7.87. The first-order chi connectivity index (χ1) is 18.1. The number of benzene rings is 4. The molecule has 1 heterocycles. The maximum atomic E-state index is 13.0. The lowest BCUT2D eigenvalue weighted by atomic mass is 9.93. The number of nitrogens with two attached hydrogens (primary N) is 1. The number of nitrogens with one attached hydrogen (secondary N) is 2. The van der Waals surface area contributed by atoms with Gasteiger partial charge < -0.3 is 10.7 Å². The number of hydrazine groups is 1. The van der Waals surface area contributed by atoms with E-state index in [9.17, 15) is 43.7 Å². The van der Waals surface area contributed by atoms with Crippen molar-refractivity contribution in [3.05, 3.63) is 60.3 Å². The molecule has 0 radical (unpaired) electrons. The van der Waals surface area contributed by atoms with Crippen LogP contribution in [0.5, 0.6) is 0 Å². The molecule has 0 aliphatic rings. The topological polar surface area (TPSA) is 243 Å². The van der Waals surface area contributed by atoms with Gasteiger partial charge in [0.2, 0.25) is 0 Å². The van der Waals surface area contributed by atoms with E-state index in [4.69, 9.17) is 5.84 Å². The van der Waals surface area contributed by atoms with Gasteiger partial charge in [0, 0.05) is 38.5 Å². The molecule has 1 aromatic heterocycles. The van der Waals surface area contributed by atoms with Gasteiger partial charge in [0.05, 0.1) is 11.3 Å². The van der Waals surface area contributed by atoms with E-state index in [0.29, 0.717) is 6.07 Å². The molecule has 39 heavy (non-hydrogen) atoms. The molecule has 4 aromatic carbocycles. The fourth-order valence-corrected chi connectivity index (χ4v) is 6.67. The smallest absolute Gasteiger partial charge is 0.295 e. The van der Waals surface area contributed by atoms with Crippen molar-refractivity contribution in [1.82, 2.24) is 4.98 Å². The third-order valence-electron chi connectivity index (χ3n) is 6.04. The van der Waals surface area contributed by atoms with Gasteiger partial charge in [-0.3, -0.25) is 18.5 Å². The number of nitrogen functional groups attached to an aromatic ring is 1. The highest BCUT2D eigenvalue weighted by Gasteiger charge is 2.28. The second-order valence-corrected chi connectivity index (χ2v) is 12.5. The lowest BCUT2D eigenvalue weighted by Gasteiger charge is -2.19. The van der Waals surface area contributed by atoms with Gasteiger partial charge in [-0.2, -0.15) is 25.3 Å². The molecule has 0 unspecified atom stereocenters. The van der Waals surface area contributed by atoms with Crippen molar-refractivity contribution in [2.75, 3.05) is 10.7 Å². The Labute approximate surface area is 220 Å². The zero-order valence-electron chi connectivity index (χ0n) is 19.1. The third kappa shape index (κ3) is 4.51. The van der Waals surface area contributed by atoms with E-state index in [1.165, 1.54) is 30.5 Å². The van der Waals surface area contributed by atoms with Crippen LogP contribution < -0.4 is 16.6 Å². The van der Waals surface area contributed by atoms with Crippen LogP contribution in [0.1, 0.15) is 10.4 Å². The molecule has 0 saturated carbocycles. The van der Waals surface area contributed by atoms with Crippen LogP contribution in [0.25, 0.3) is 32.3 Å². The molecule has 0 atom stereocenters. The molecule has 5 aromatic rings. The molecular formula is C22H16N4O10S3. The maximum Gasteiger partial charge on any atom is 0.295 e. The Morgan fingerprint density at radius 2 is 1.15 bits per heavy atom. The van der Waals surface area contributed by atoms with Gasteiger partial charge in [0.25, 0.3) is 36.3 Å². The summed E-state index contributed by atoms with van der Waals surface area (Å²) in [6.45, 7) is 0. The van der Waals surface area contributed by atoms with Crippen LogP contribution in [0, 0.1) is 0 Å².